The molecular formula is C19H19BrN2O2. The van der Waals surface area contributed by atoms with E-state index in [1.165, 1.54) is 4.90 Å². The Kier molecular flexibility index (Phi) is 5.00. The topological polar surface area (TPSA) is 49.4 Å². The van der Waals surface area contributed by atoms with Crippen LogP contribution in [0.4, 0.5) is 4.79 Å². The third-order valence-electron chi connectivity index (χ3n) is 4.28. The minimum atomic E-state index is -1.14. The van der Waals surface area contributed by atoms with Gasteiger partial charge in [-0.2, -0.15) is 0 Å². The molecule has 3 rings (SSSR count). The van der Waals surface area contributed by atoms with Crippen LogP contribution >= 0.6 is 15.9 Å². The second-order valence-electron chi connectivity index (χ2n) is 5.77. The summed E-state index contributed by atoms with van der Waals surface area (Å²) in [6.07, 6.45) is 1.70. The number of nitrogens with zero attached hydrogens (tertiary/aromatic N) is 1. The van der Waals surface area contributed by atoms with Gasteiger partial charge < -0.3 is 5.32 Å². The average molecular weight is 387 g/mol. The summed E-state index contributed by atoms with van der Waals surface area (Å²) in [5.74, 6) is -0.209. The van der Waals surface area contributed by atoms with Crippen LogP contribution in [0.5, 0.6) is 0 Å². The molecule has 4 nitrogen and oxygen atoms in total. The van der Waals surface area contributed by atoms with Crippen molar-refractivity contribution in [2.45, 2.75) is 18.4 Å². The smallest absolute Gasteiger partial charge is 0.315 e. The number of benzene rings is 2. The standard InChI is InChI=1S/C19H19BrN2O2/c20-13-7-8-14-22-17(23)19(21-18(22)24,15-9-3-1-4-10-15)16-11-5-2-6-12-16/h1-6,9-12H,7-8,13-14H2,(H,21,24). The number of halogens is 1. The SMILES string of the molecule is O=C1NC(c2ccccc2)(c2ccccc2)C(=O)N1CCCCBr. The van der Waals surface area contributed by atoms with Gasteiger partial charge in [0.25, 0.3) is 5.91 Å². The summed E-state index contributed by atoms with van der Waals surface area (Å²) in [6.45, 7) is 0.428. The number of carbonyl (C=O) groups excluding carboxylic acids is 2. The van der Waals surface area contributed by atoms with Gasteiger partial charge in [0.1, 0.15) is 0 Å². The first-order valence-electron chi connectivity index (χ1n) is 8.01. The molecule has 1 aliphatic rings. The van der Waals surface area contributed by atoms with Crippen LogP contribution in [-0.2, 0) is 10.3 Å². The van der Waals surface area contributed by atoms with E-state index in [9.17, 15) is 9.59 Å². The molecule has 1 heterocycles. The summed E-state index contributed by atoms with van der Waals surface area (Å²) in [5.41, 5.74) is 0.406. The molecule has 2 aromatic carbocycles. The third-order valence-corrected chi connectivity index (χ3v) is 4.85. The first-order valence-corrected chi connectivity index (χ1v) is 9.13. The zero-order valence-corrected chi connectivity index (χ0v) is 14.8. The second kappa shape index (κ2) is 7.18. The normalized spacial score (nSPS) is 16.3. The predicted octanol–water partition coefficient (Wildman–Crippen LogP) is 3.66. The van der Waals surface area contributed by atoms with Crippen molar-refractivity contribution >= 4 is 27.9 Å². The van der Waals surface area contributed by atoms with Crippen LogP contribution in [0.3, 0.4) is 0 Å². The molecule has 0 saturated carbocycles. The molecule has 1 saturated heterocycles. The van der Waals surface area contributed by atoms with Crippen molar-refractivity contribution in [3.8, 4) is 0 Å². The van der Waals surface area contributed by atoms with Crippen molar-refractivity contribution in [2.24, 2.45) is 0 Å². The highest BCUT2D eigenvalue weighted by Crippen LogP contribution is 2.36. The van der Waals surface area contributed by atoms with Gasteiger partial charge in [0.15, 0.2) is 5.54 Å². The Morgan fingerprint density at radius 1 is 0.875 bits per heavy atom. The summed E-state index contributed by atoms with van der Waals surface area (Å²) in [4.78, 5) is 27.1. The molecular weight excluding hydrogens is 368 g/mol. The Bertz CT molecular complexity index is 679. The summed E-state index contributed by atoms with van der Waals surface area (Å²) in [6, 6.07) is 18.5. The van der Waals surface area contributed by atoms with Crippen LogP contribution in [0.25, 0.3) is 0 Å². The lowest BCUT2D eigenvalue weighted by molar-refractivity contribution is -0.130. The molecule has 0 radical (unpaired) electrons. The molecule has 124 valence electrons. The van der Waals surface area contributed by atoms with Crippen molar-refractivity contribution in [2.75, 3.05) is 11.9 Å². The van der Waals surface area contributed by atoms with Gasteiger partial charge >= 0.3 is 6.03 Å². The molecule has 24 heavy (non-hydrogen) atoms. The number of hydrogen-bond acceptors (Lipinski definition) is 2. The van der Waals surface area contributed by atoms with E-state index in [0.717, 1.165) is 29.3 Å². The van der Waals surface area contributed by atoms with Gasteiger partial charge in [-0.05, 0) is 24.0 Å². The fourth-order valence-corrected chi connectivity index (χ4v) is 3.47. The van der Waals surface area contributed by atoms with Gasteiger partial charge in [-0.3, -0.25) is 9.69 Å². The van der Waals surface area contributed by atoms with Crippen molar-refractivity contribution < 1.29 is 9.59 Å². The van der Waals surface area contributed by atoms with E-state index in [-0.39, 0.29) is 11.9 Å². The van der Waals surface area contributed by atoms with Crippen LogP contribution < -0.4 is 5.32 Å². The number of hydrogen-bond donors (Lipinski definition) is 1. The van der Waals surface area contributed by atoms with E-state index in [4.69, 9.17) is 0 Å². The maximum absolute atomic E-state index is 13.3. The van der Waals surface area contributed by atoms with Gasteiger partial charge in [0.05, 0.1) is 0 Å². The van der Waals surface area contributed by atoms with E-state index in [0.29, 0.717) is 6.54 Å². The Morgan fingerprint density at radius 2 is 1.42 bits per heavy atom. The Morgan fingerprint density at radius 3 is 1.92 bits per heavy atom. The minimum Gasteiger partial charge on any atom is -0.315 e. The number of alkyl halides is 1. The quantitative estimate of drug-likeness (QED) is 0.467. The van der Waals surface area contributed by atoms with Crippen molar-refractivity contribution in [1.29, 1.82) is 0 Å². The first kappa shape index (κ1) is 16.7. The summed E-state index contributed by atoms with van der Waals surface area (Å²) >= 11 is 3.38. The molecule has 2 aromatic rings. The number of unbranched alkanes of at least 4 members (excludes halogenated alkanes) is 1. The highest BCUT2D eigenvalue weighted by Gasteiger charge is 2.53. The van der Waals surface area contributed by atoms with Crippen molar-refractivity contribution in [3.63, 3.8) is 0 Å². The largest absolute Gasteiger partial charge is 0.325 e. The number of carbonyl (C=O) groups is 2. The Labute approximate surface area is 150 Å². The maximum Gasteiger partial charge on any atom is 0.325 e. The summed E-state index contributed by atoms with van der Waals surface area (Å²) in [5, 5.41) is 3.81. The van der Waals surface area contributed by atoms with Crippen LogP contribution in [0.15, 0.2) is 60.7 Å². The Balaban J connectivity index is 2.04. The molecule has 0 spiro atoms. The van der Waals surface area contributed by atoms with Crippen molar-refractivity contribution in [1.82, 2.24) is 10.2 Å². The van der Waals surface area contributed by atoms with Gasteiger partial charge in [0.2, 0.25) is 0 Å². The lowest BCUT2D eigenvalue weighted by atomic mass is 9.82. The minimum absolute atomic E-state index is 0.209. The average Bonchev–Trinajstić information content (AvgIpc) is 2.89. The van der Waals surface area contributed by atoms with Crippen LogP contribution in [0.1, 0.15) is 24.0 Å². The summed E-state index contributed by atoms with van der Waals surface area (Å²) in [7, 11) is 0. The van der Waals surface area contributed by atoms with Crippen LogP contribution in [0.2, 0.25) is 0 Å². The predicted molar refractivity (Wildman–Crippen MR) is 96.9 cm³/mol. The molecule has 0 bridgehead atoms. The van der Waals surface area contributed by atoms with Gasteiger partial charge in [-0.1, -0.05) is 76.6 Å². The van der Waals surface area contributed by atoms with Gasteiger partial charge in [0, 0.05) is 11.9 Å². The molecule has 0 unspecified atom stereocenters. The number of rotatable bonds is 6. The maximum atomic E-state index is 13.3. The fraction of sp³-hybridized carbons (Fsp3) is 0.263. The lowest BCUT2D eigenvalue weighted by Gasteiger charge is -2.28. The van der Waals surface area contributed by atoms with Gasteiger partial charge in [-0.15, -0.1) is 0 Å². The van der Waals surface area contributed by atoms with Crippen molar-refractivity contribution in [3.05, 3.63) is 71.8 Å². The molecule has 1 fully saturated rings. The zero-order chi connectivity index (χ0) is 17.0. The molecule has 5 heteroatoms. The molecule has 0 aliphatic carbocycles. The lowest BCUT2D eigenvalue weighted by Crippen LogP contribution is -2.45. The highest BCUT2D eigenvalue weighted by molar-refractivity contribution is 9.09. The van der Waals surface area contributed by atoms with Crippen LogP contribution in [0, 0.1) is 0 Å². The third kappa shape index (κ3) is 2.84. The second-order valence-corrected chi connectivity index (χ2v) is 6.56. The van der Waals surface area contributed by atoms with E-state index in [1.807, 2.05) is 60.7 Å². The molecule has 0 aromatic heterocycles. The summed E-state index contributed by atoms with van der Waals surface area (Å²) < 4.78 is 0. The molecule has 1 N–H and O–H groups in total. The zero-order valence-electron chi connectivity index (χ0n) is 13.2. The van der Waals surface area contributed by atoms with E-state index in [1.54, 1.807) is 0 Å². The fourth-order valence-electron chi connectivity index (χ4n) is 3.08. The Hall–Kier alpha value is -2.14. The number of nitrogens with one attached hydrogen (secondary N) is 1. The van der Waals surface area contributed by atoms with Gasteiger partial charge in [-0.25, -0.2) is 4.79 Å². The number of imide groups is 1. The number of amides is 3. The molecule has 0 atom stereocenters. The molecule has 1 aliphatic heterocycles. The number of urea groups is 1. The highest BCUT2D eigenvalue weighted by atomic mass is 79.9. The van der Waals surface area contributed by atoms with Crippen LogP contribution in [-0.4, -0.2) is 28.7 Å². The van der Waals surface area contributed by atoms with E-state index >= 15 is 0 Å². The first-order chi connectivity index (χ1) is 11.7. The van der Waals surface area contributed by atoms with E-state index in [2.05, 4.69) is 21.2 Å². The molecule has 3 amide bonds. The monoisotopic (exact) mass is 386 g/mol. The van der Waals surface area contributed by atoms with E-state index < -0.39 is 5.54 Å².